The lowest BCUT2D eigenvalue weighted by molar-refractivity contribution is 0.0940. The Hall–Kier alpha value is -2.09. The van der Waals surface area contributed by atoms with Gasteiger partial charge in [-0.15, -0.1) is 11.3 Å². The summed E-state index contributed by atoms with van der Waals surface area (Å²) < 4.78 is 0. The summed E-state index contributed by atoms with van der Waals surface area (Å²) in [5, 5.41) is 5.01. The van der Waals surface area contributed by atoms with Crippen LogP contribution in [0.4, 0.5) is 0 Å². The van der Waals surface area contributed by atoms with Crippen LogP contribution in [0.15, 0.2) is 35.7 Å². The van der Waals surface area contributed by atoms with Crippen molar-refractivity contribution in [2.75, 3.05) is 6.54 Å². The number of nitrogens with two attached hydrogens (primary N) is 1. The lowest BCUT2D eigenvalue weighted by Crippen LogP contribution is -2.26. The molecular formula is C17H18N2OS. The van der Waals surface area contributed by atoms with Crippen LogP contribution in [-0.2, 0) is 0 Å². The minimum absolute atomic E-state index is 0.0193. The number of benzene rings is 1. The quantitative estimate of drug-likeness (QED) is 0.856. The molecule has 0 saturated carbocycles. The van der Waals surface area contributed by atoms with Crippen molar-refractivity contribution in [2.45, 2.75) is 19.9 Å². The smallest absolute Gasteiger partial charge is 0.253 e. The SMILES string of the molecule is Cc1ccc(C(=O)NC(C)c2cccs2)c(C#CCN)c1. The van der Waals surface area contributed by atoms with Gasteiger partial charge in [-0.1, -0.05) is 24.0 Å². The monoisotopic (exact) mass is 298 g/mol. The van der Waals surface area contributed by atoms with Gasteiger partial charge < -0.3 is 11.1 Å². The van der Waals surface area contributed by atoms with E-state index in [-0.39, 0.29) is 18.5 Å². The Bertz CT molecular complexity index is 681. The summed E-state index contributed by atoms with van der Waals surface area (Å²) in [6, 6.07) is 9.61. The molecule has 3 nitrogen and oxygen atoms in total. The molecule has 0 aliphatic carbocycles. The largest absolute Gasteiger partial charge is 0.345 e. The number of thiophene rings is 1. The van der Waals surface area contributed by atoms with Crippen molar-refractivity contribution in [1.82, 2.24) is 5.32 Å². The molecule has 1 unspecified atom stereocenters. The molecule has 1 aromatic heterocycles. The lowest BCUT2D eigenvalue weighted by Gasteiger charge is -2.13. The van der Waals surface area contributed by atoms with Gasteiger partial charge in [-0.25, -0.2) is 0 Å². The molecule has 0 aliphatic heterocycles. The zero-order chi connectivity index (χ0) is 15.2. The van der Waals surface area contributed by atoms with E-state index in [0.717, 1.165) is 16.0 Å². The summed E-state index contributed by atoms with van der Waals surface area (Å²) in [5.74, 6) is 5.66. The minimum Gasteiger partial charge on any atom is -0.345 e. The summed E-state index contributed by atoms with van der Waals surface area (Å²) >= 11 is 1.63. The number of aryl methyl sites for hydroxylation is 1. The van der Waals surface area contributed by atoms with E-state index in [2.05, 4.69) is 17.2 Å². The Morgan fingerprint density at radius 3 is 2.90 bits per heavy atom. The number of rotatable bonds is 3. The molecule has 0 aliphatic rings. The third-order valence-corrected chi connectivity index (χ3v) is 4.12. The van der Waals surface area contributed by atoms with Crippen LogP contribution in [0.5, 0.6) is 0 Å². The highest BCUT2D eigenvalue weighted by Crippen LogP contribution is 2.19. The number of carbonyl (C=O) groups excluding carboxylic acids is 1. The van der Waals surface area contributed by atoms with Crippen molar-refractivity contribution in [3.05, 3.63) is 57.3 Å². The molecule has 0 fully saturated rings. The van der Waals surface area contributed by atoms with Crippen molar-refractivity contribution in [3.63, 3.8) is 0 Å². The zero-order valence-electron chi connectivity index (χ0n) is 12.1. The zero-order valence-corrected chi connectivity index (χ0v) is 13.0. The molecule has 0 radical (unpaired) electrons. The third-order valence-electron chi connectivity index (χ3n) is 3.06. The third kappa shape index (κ3) is 3.94. The molecule has 0 saturated heterocycles. The van der Waals surface area contributed by atoms with Gasteiger partial charge in [0.05, 0.1) is 18.2 Å². The Morgan fingerprint density at radius 1 is 1.43 bits per heavy atom. The highest BCUT2D eigenvalue weighted by molar-refractivity contribution is 7.10. The van der Waals surface area contributed by atoms with Crippen LogP contribution < -0.4 is 11.1 Å². The van der Waals surface area contributed by atoms with Gasteiger partial charge in [-0.05, 0) is 43.0 Å². The maximum Gasteiger partial charge on any atom is 0.253 e. The summed E-state index contributed by atoms with van der Waals surface area (Å²) in [6.07, 6.45) is 0. The fourth-order valence-electron chi connectivity index (χ4n) is 1.99. The van der Waals surface area contributed by atoms with Gasteiger partial charge in [0.1, 0.15) is 0 Å². The fourth-order valence-corrected chi connectivity index (χ4v) is 2.72. The normalized spacial score (nSPS) is 11.4. The van der Waals surface area contributed by atoms with Gasteiger partial charge >= 0.3 is 0 Å². The number of amides is 1. The Morgan fingerprint density at radius 2 is 2.24 bits per heavy atom. The minimum atomic E-state index is -0.114. The molecule has 108 valence electrons. The molecule has 2 rings (SSSR count). The predicted molar refractivity (Wildman–Crippen MR) is 87.3 cm³/mol. The average molecular weight is 298 g/mol. The van der Waals surface area contributed by atoms with Gasteiger partial charge in [0.15, 0.2) is 0 Å². The number of hydrogen-bond acceptors (Lipinski definition) is 3. The second-order valence-electron chi connectivity index (χ2n) is 4.77. The second kappa shape index (κ2) is 7.07. The first-order valence-corrected chi connectivity index (χ1v) is 7.63. The standard InChI is InChI=1S/C17H18N2OS/c1-12-7-8-15(14(11-12)5-3-9-18)17(20)19-13(2)16-6-4-10-21-16/h4,6-8,10-11,13H,9,18H2,1-2H3,(H,19,20). The number of carbonyl (C=O) groups is 1. The highest BCUT2D eigenvalue weighted by atomic mass is 32.1. The molecule has 4 heteroatoms. The summed E-state index contributed by atoms with van der Waals surface area (Å²) in [7, 11) is 0. The van der Waals surface area contributed by atoms with Gasteiger partial charge in [-0.3, -0.25) is 4.79 Å². The van der Waals surface area contributed by atoms with Crippen LogP contribution >= 0.6 is 11.3 Å². The highest BCUT2D eigenvalue weighted by Gasteiger charge is 2.14. The molecule has 0 bridgehead atoms. The Balaban J connectivity index is 2.22. The predicted octanol–water partition coefficient (Wildman–Crippen LogP) is 2.86. The fraction of sp³-hybridized carbons (Fsp3) is 0.235. The lowest BCUT2D eigenvalue weighted by atomic mass is 10.0. The molecule has 1 aromatic carbocycles. The van der Waals surface area contributed by atoms with Crippen LogP contribution in [0.25, 0.3) is 0 Å². The van der Waals surface area contributed by atoms with Crippen molar-refractivity contribution in [3.8, 4) is 11.8 Å². The van der Waals surface area contributed by atoms with Crippen molar-refractivity contribution in [1.29, 1.82) is 0 Å². The molecule has 2 aromatic rings. The molecule has 1 heterocycles. The number of nitrogens with one attached hydrogen (secondary N) is 1. The first kappa shape index (κ1) is 15.3. The first-order chi connectivity index (χ1) is 10.1. The average Bonchev–Trinajstić information content (AvgIpc) is 2.99. The maximum atomic E-state index is 12.4. The van der Waals surface area contributed by atoms with E-state index in [1.165, 1.54) is 0 Å². The van der Waals surface area contributed by atoms with Gasteiger partial charge in [0, 0.05) is 10.4 Å². The van der Waals surface area contributed by atoms with E-state index in [0.29, 0.717) is 5.56 Å². The molecule has 0 spiro atoms. The van der Waals surface area contributed by atoms with E-state index in [4.69, 9.17) is 5.73 Å². The summed E-state index contributed by atoms with van der Waals surface area (Å²) in [4.78, 5) is 13.6. The van der Waals surface area contributed by atoms with E-state index in [1.807, 2.05) is 49.6 Å². The maximum absolute atomic E-state index is 12.4. The van der Waals surface area contributed by atoms with Crippen LogP contribution in [0.1, 0.15) is 39.3 Å². The number of hydrogen-bond donors (Lipinski definition) is 2. The summed E-state index contributed by atoms with van der Waals surface area (Å²) in [5.41, 5.74) is 7.79. The van der Waals surface area contributed by atoms with Gasteiger partial charge in [0.2, 0.25) is 0 Å². The topological polar surface area (TPSA) is 55.1 Å². The van der Waals surface area contributed by atoms with Crippen LogP contribution in [0.3, 0.4) is 0 Å². The second-order valence-corrected chi connectivity index (χ2v) is 5.74. The molecule has 21 heavy (non-hydrogen) atoms. The molecule has 3 N–H and O–H groups in total. The van der Waals surface area contributed by atoms with Gasteiger partial charge in [0.25, 0.3) is 5.91 Å². The van der Waals surface area contributed by atoms with Crippen LogP contribution in [-0.4, -0.2) is 12.5 Å². The van der Waals surface area contributed by atoms with Crippen LogP contribution in [0.2, 0.25) is 0 Å². The van der Waals surface area contributed by atoms with Crippen LogP contribution in [0, 0.1) is 18.8 Å². The van der Waals surface area contributed by atoms with E-state index in [9.17, 15) is 4.79 Å². The van der Waals surface area contributed by atoms with Gasteiger partial charge in [-0.2, -0.15) is 0 Å². The van der Waals surface area contributed by atoms with Crippen molar-refractivity contribution >= 4 is 17.2 Å². The van der Waals surface area contributed by atoms with Crippen molar-refractivity contribution in [2.24, 2.45) is 5.73 Å². The Labute approximate surface area is 129 Å². The summed E-state index contributed by atoms with van der Waals surface area (Å²) in [6.45, 7) is 4.23. The molecular weight excluding hydrogens is 280 g/mol. The van der Waals surface area contributed by atoms with E-state index in [1.54, 1.807) is 11.3 Å². The Kier molecular flexibility index (Phi) is 5.15. The van der Waals surface area contributed by atoms with Crippen molar-refractivity contribution < 1.29 is 4.79 Å². The molecule has 1 atom stereocenters. The van der Waals surface area contributed by atoms with E-state index >= 15 is 0 Å². The molecule has 1 amide bonds. The van der Waals surface area contributed by atoms with E-state index < -0.39 is 0 Å². The first-order valence-electron chi connectivity index (χ1n) is 6.75.